The van der Waals surface area contributed by atoms with E-state index >= 15 is 0 Å². The first-order valence-electron chi connectivity index (χ1n) is 8.08. The number of nitrogens with zero attached hydrogens (tertiary/aromatic N) is 5. The topological polar surface area (TPSA) is 100 Å². The molecule has 0 saturated heterocycles. The van der Waals surface area contributed by atoms with Crippen molar-refractivity contribution in [2.24, 2.45) is 0 Å². The Morgan fingerprint density at radius 3 is 2.81 bits per heavy atom. The summed E-state index contributed by atoms with van der Waals surface area (Å²) in [6, 6.07) is 13.9. The molecule has 7 heteroatoms. The van der Waals surface area contributed by atoms with Crippen LogP contribution in [-0.2, 0) is 6.42 Å². The second-order valence-corrected chi connectivity index (χ2v) is 5.59. The first kappa shape index (κ1) is 15.7. The number of rotatable bonds is 5. The molecule has 0 fully saturated rings. The van der Waals surface area contributed by atoms with Crippen LogP contribution in [0.4, 0.5) is 0 Å². The van der Waals surface area contributed by atoms with Crippen molar-refractivity contribution in [3.63, 3.8) is 0 Å². The highest BCUT2D eigenvalue weighted by Gasteiger charge is 2.17. The maximum Gasteiger partial charge on any atom is 0.226 e. The van der Waals surface area contributed by atoms with Gasteiger partial charge >= 0.3 is 0 Å². The van der Waals surface area contributed by atoms with E-state index in [4.69, 9.17) is 4.74 Å². The first-order chi connectivity index (χ1) is 12.9. The standard InChI is InChI=1S/C19H14N6O/c20-10-16-14(6-8-24-25-16)15-11-21-18-17(15)19(23-12-22-18)26-9-7-13-4-2-1-3-5-13/h1-6,8,11-12H,7,9H2,(H,21,22,23). The van der Waals surface area contributed by atoms with Crippen molar-refractivity contribution in [2.75, 3.05) is 6.61 Å². The number of ether oxygens (including phenoxy) is 1. The van der Waals surface area contributed by atoms with E-state index in [-0.39, 0.29) is 5.69 Å². The zero-order valence-electron chi connectivity index (χ0n) is 13.8. The van der Waals surface area contributed by atoms with Crippen LogP contribution in [-0.4, -0.2) is 31.8 Å². The Kier molecular flexibility index (Phi) is 4.23. The normalized spacial score (nSPS) is 10.6. The van der Waals surface area contributed by atoms with Crippen molar-refractivity contribution in [2.45, 2.75) is 6.42 Å². The second kappa shape index (κ2) is 6.99. The molecular weight excluding hydrogens is 328 g/mol. The van der Waals surface area contributed by atoms with Gasteiger partial charge in [-0.25, -0.2) is 9.97 Å². The molecule has 0 aliphatic carbocycles. The van der Waals surface area contributed by atoms with Gasteiger partial charge in [-0.2, -0.15) is 10.4 Å². The molecule has 0 unspecified atom stereocenters. The van der Waals surface area contributed by atoms with Crippen LogP contribution >= 0.6 is 0 Å². The van der Waals surface area contributed by atoms with Gasteiger partial charge in [0.25, 0.3) is 0 Å². The Labute approximate surface area is 149 Å². The van der Waals surface area contributed by atoms with Crippen LogP contribution in [0.5, 0.6) is 5.88 Å². The Morgan fingerprint density at radius 1 is 1.08 bits per heavy atom. The SMILES string of the molecule is N#Cc1nnccc1-c1c[nH]c2ncnc(OCCc3ccccc3)c12. The average Bonchev–Trinajstić information content (AvgIpc) is 3.13. The Balaban J connectivity index is 1.68. The Hall–Kier alpha value is -3.79. The van der Waals surface area contributed by atoms with Gasteiger partial charge in [0, 0.05) is 23.7 Å². The molecule has 0 aliphatic heterocycles. The molecule has 126 valence electrons. The fourth-order valence-electron chi connectivity index (χ4n) is 2.80. The van der Waals surface area contributed by atoms with Crippen LogP contribution in [0.25, 0.3) is 22.2 Å². The predicted molar refractivity (Wildman–Crippen MR) is 95.3 cm³/mol. The number of hydrogen-bond acceptors (Lipinski definition) is 6. The van der Waals surface area contributed by atoms with Crippen molar-refractivity contribution in [1.29, 1.82) is 5.26 Å². The van der Waals surface area contributed by atoms with Gasteiger partial charge in [0.2, 0.25) is 5.88 Å². The summed E-state index contributed by atoms with van der Waals surface area (Å²) >= 11 is 0. The molecule has 3 heterocycles. The highest BCUT2D eigenvalue weighted by molar-refractivity contribution is 5.97. The van der Waals surface area contributed by atoms with Crippen LogP contribution in [0.1, 0.15) is 11.3 Å². The third-order valence-corrected chi connectivity index (χ3v) is 4.02. The lowest BCUT2D eigenvalue weighted by Gasteiger charge is -2.08. The average molecular weight is 342 g/mol. The van der Waals surface area contributed by atoms with Crippen LogP contribution in [0.3, 0.4) is 0 Å². The molecule has 7 nitrogen and oxygen atoms in total. The van der Waals surface area contributed by atoms with Crippen LogP contribution in [0, 0.1) is 11.3 Å². The largest absolute Gasteiger partial charge is 0.477 e. The minimum Gasteiger partial charge on any atom is -0.477 e. The highest BCUT2D eigenvalue weighted by atomic mass is 16.5. The molecule has 0 radical (unpaired) electrons. The molecule has 26 heavy (non-hydrogen) atoms. The molecule has 0 atom stereocenters. The van der Waals surface area contributed by atoms with E-state index in [1.165, 1.54) is 11.9 Å². The molecule has 4 aromatic rings. The smallest absolute Gasteiger partial charge is 0.226 e. The summed E-state index contributed by atoms with van der Waals surface area (Å²) < 4.78 is 5.93. The van der Waals surface area contributed by atoms with Crippen molar-refractivity contribution < 1.29 is 4.74 Å². The van der Waals surface area contributed by atoms with E-state index in [1.807, 2.05) is 18.2 Å². The lowest BCUT2D eigenvalue weighted by Crippen LogP contribution is -2.03. The minimum absolute atomic E-state index is 0.243. The summed E-state index contributed by atoms with van der Waals surface area (Å²) in [4.78, 5) is 11.6. The molecule has 1 aromatic carbocycles. The van der Waals surface area contributed by atoms with E-state index in [2.05, 4.69) is 43.4 Å². The van der Waals surface area contributed by atoms with Gasteiger partial charge in [-0.15, -0.1) is 5.10 Å². The van der Waals surface area contributed by atoms with Crippen LogP contribution in [0.15, 0.2) is 55.1 Å². The molecule has 0 aliphatic rings. The van der Waals surface area contributed by atoms with Gasteiger partial charge in [-0.1, -0.05) is 30.3 Å². The Bertz CT molecular complexity index is 1080. The van der Waals surface area contributed by atoms with Crippen molar-refractivity contribution >= 4 is 11.0 Å². The van der Waals surface area contributed by atoms with Crippen LogP contribution in [0.2, 0.25) is 0 Å². The molecule has 4 rings (SSSR count). The van der Waals surface area contributed by atoms with Gasteiger partial charge in [-0.3, -0.25) is 0 Å². The number of aromatic amines is 1. The second-order valence-electron chi connectivity index (χ2n) is 5.59. The van der Waals surface area contributed by atoms with Gasteiger partial charge < -0.3 is 9.72 Å². The lowest BCUT2D eigenvalue weighted by atomic mass is 10.1. The van der Waals surface area contributed by atoms with Gasteiger partial charge in [-0.05, 0) is 11.6 Å². The molecular formula is C19H14N6O. The molecule has 3 aromatic heterocycles. The number of nitrogens with one attached hydrogen (secondary N) is 1. The molecule has 0 bridgehead atoms. The van der Waals surface area contributed by atoms with E-state index in [0.717, 1.165) is 17.4 Å². The van der Waals surface area contributed by atoms with E-state index in [0.29, 0.717) is 23.7 Å². The van der Waals surface area contributed by atoms with Crippen molar-refractivity contribution in [1.82, 2.24) is 25.1 Å². The number of aromatic nitrogens is 5. The van der Waals surface area contributed by atoms with Gasteiger partial charge in [0.1, 0.15) is 18.0 Å². The number of benzene rings is 1. The van der Waals surface area contributed by atoms with E-state index in [1.54, 1.807) is 18.5 Å². The van der Waals surface area contributed by atoms with Crippen molar-refractivity contribution in [3.05, 3.63) is 66.4 Å². The van der Waals surface area contributed by atoms with Crippen molar-refractivity contribution in [3.8, 4) is 23.1 Å². The number of fused-ring (bicyclic) bond motifs is 1. The maximum atomic E-state index is 9.30. The fraction of sp³-hybridized carbons (Fsp3) is 0.105. The third kappa shape index (κ3) is 2.96. The number of H-pyrrole nitrogens is 1. The first-order valence-corrected chi connectivity index (χ1v) is 8.08. The zero-order valence-corrected chi connectivity index (χ0v) is 13.8. The lowest BCUT2D eigenvalue weighted by molar-refractivity contribution is 0.313. The summed E-state index contributed by atoms with van der Waals surface area (Å²) in [6.45, 7) is 0.487. The fourth-order valence-corrected chi connectivity index (χ4v) is 2.80. The quantitative estimate of drug-likeness (QED) is 0.598. The molecule has 0 spiro atoms. The number of nitriles is 1. The van der Waals surface area contributed by atoms with Gasteiger partial charge in [0.05, 0.1) is 18.2 Å². The zero-order chi connectivity index (χ0) is 17.8. The van der Waals surface area contributed by atoms with E-state index < -0.39 is 0 Å². The summed E-state index contributed by atoms with van der Waals surface area (Å²) in [5.41, 5.74) is 3.51. The monoisotopic (exact) mass is 342 g/mol. The molecule has 0 amide bonds. The maximum absolute atomic E-state index is 9.30. The highest BCUT2D eigenvalue weighted by Crippen LogP contribution is 2.33. The predicted octanol–water partition coefficient (Wildman–Crippen LogP) is 2.91. The third-order valence-electron chi connectivity index (χ3n) is 4.02. The van der Waals surface area contributed by atoms with Gasteiger partial charge in [0.15, 0.2) is 5.69 Å². The summed E-state index contributed by atoms with van der Waals surface area (Å²) in [6.07, 6.45) is 5.55. The number of hydrogen-bond donors (Lipinski definition) is 1. The Morgan fingerprint density at radius 2 is 1.96 bits per heavy atom. The van der Waals surface area contributed by atoms with E-state index in [9.17, 15) is 5.26 Å². The summed E-state index contributed by atoms with van der Waals surface area (Å²) in [5.74, 6) is 0.475. The summed E-state index contributed by atoms with van der Waals surface area (Å²) in [7, 11) is 0. The minimum atomic E-state index is 0.243. The molecule has 0 saturated carbocycles. The summed E-state index contributed by atoms with van der Waals surface area (Å²) in [5, 5.41) is 17.7. The molecule has 1 N–H and O–H groups in total. The van der Waals surface area contributed by atoms with Crippen LogP contribution < -0.4 is 4.74 Å².